The molecular weight excluding hydrogens is 223 g/mol. The van der Waals surface area contributed by atoms with Crippen LogP contribution in [0.2, 0.25) is 0 Å². The molecule has 0 aliphatic heterocycles. The summed E-state index contributed by atoms with van der Waals surface area (Å²) >= 11 is 4.02. The van der Waals surface area contributed by atoms with Gasteiger partial charge in [-0.2, -0.15) is 0 Å². The first-order valence-electron chi connectivity index (χ1n) is 2.50. The van der Waals surface area contributed by atoms with Gasteiger partial charge in [-0.3, -0.25) is 0 Å². The standard InChI is InChI=1S/C6H7S.2ClH.Ti/c1-7-6-4-2-3-5-6;;;/h2,4H,3H2,1H3;2*1H;. The zero-order valence-corrected chi connectivity index (χ0v) is 9.60. The molecule has 0 spiro atoms. The average Bonchev–Trinajstić information content (AvgIpc) is 2.14. The van der Waals surface area contributed by atoms with E-state index in [0.29, 0.717) is 0 Å². The van der Waals surface area contributed by atoms with E-state index in [9.17, 15) is 0 Å². The van der Waals surface area contributed by atoms with Crippen LogP contribution in [0.25, 0.3) is 0 Å². The SMILES string of the molecule is CSC1=[C]([Ti])CC=C1.Cl.Cl. The van der Waals surface area contributed by atoms with Crippen LogP contribution in [0, 0.1) is 0 Å². The predicted octanol–water partition coefficient (Wildman–Crippen LogP) is 2.91. The van der Waals surface area contributed by atoms with Gasteiger partial charge in [0.1, 0.15) is 0 Å². The molecule has 0 atom stereocenters. The molecule has 0 saturated heterocycles. The first-order valence-corrected chi connectivity index (χ1v) is 4.50. The average molecular weight is 232 g/mol. The van der Waals surface area contributed by atoms with Crippen molar-refractivity contribution < 1.29 is 20.4 Å². The van der Waals surface area contributed by atoms with Crippen LogP contribution >= 0.6 is 36.6 Å². The summed E-state index contributed by atoms with van der Waals surface area (Å²) in [6.07, 6.45) is 7.69. The van der Waals surface area contributed by atoms with Crippen molar-refractivity contribution in [2.24, 2.45) is 0 Å². The minimum Gasteiger partial charge on any atom is -0.147 e. The van der Waals surface area contributed by atoms with E-state index in [1.807, 2.05) is 11.8 Å². The van der Waals surface area contributed by atoms with Crippen LogP contribution in [0.15, 0.2) is 20.9 Å². The van der Waals surface area contributed by atoms with Gasteiger partial charge in [0.05, 0.1) is 0 Å². The summed E-state index contributed by atoms with van der Waals surface area (Å²) in [4.78, 5) is 1.45. The van der Waals surface area contributed by atoms with E-state index < -0.39 is 0 Å². The fourth-order valence-electron chi connectivity index (χ4n) is 0.676. The van der Waals surface area contributed by atoms with Crippen LogP contribution in [0.5, 0.6) is 0 Å². The quantitative estimate of drug-likeness (QED) is 0.626. The van der Waals surface area contributed by atoms with E-state index in [2.05, 4.69) is 38.8 Å². The molecule has 1 aliphatic carbocycles. The molecule has 1 aliphatic rings. The molecule has 0 unspecified atom stereocenters. The molecule has 0 heterocycles. The van der Waals surface area contributed by atoms with Crippen LogP contribution in [0.3, 0.4) is 0 Å². The Morgan fingerprint density at radius 1 is 1.50 bits per heavy atom. The van der Waals surface area contributed by atoms with Crippen LogP contribution in [-0.2, 0) is 20.4 Å². The van der Waals surface area contributed by atoms with Crippen LogP contribution in [-0.4, -0.2) is 6.26 Å². The predicted molar refractivity (Wildman–Crippen MR) is 48.8 cm³/mol. The molecule has 0 N–H and O–H groups in total. The third kappa shape index (κ3) is 3.50. The summed E-state index contributed by atoms with van der Waals surface area (Å²) < 4.78 is 1.51. The fourth-order valence-corrected chi connectivity index (χ4v) is 2.03. The van der Waals surface area contributed by atoms with E-state index in [1.165, 1.54) is 8.78 Å². The van der Waals surface area contributed by atoms with Crippen LogP contribution in [0.1, 0.15) is 6.42 Å². The summed E-state index contributed by atoms with van der Waals surface area (Å²) in [5, 5.41) is 0. The number of allylic oxidation sites excluding steroid dienone is 3. The third-order valence-corrected chi connectivity index (χ3v) is 2.95. The molecule has 0 amide bonds. The van der Waals surface area contributed by atoms with Gasteiger partial charge in [-0.05, 0) is 0 Å². The molecule has 10 heavy (non-hydrogen) atoms. The van der Waals surface area contributed by atoms with Crippen molar-refractivity contribution >= 4 is 36.6 Å². The van der Waals surface area contributed by atoms with E-state index in [0.717, 1.165) is 6.42 Å². The topological polar surface area (TPSA) is 0 Å². The zero-order chi connectivity index (χ0) is 5.98. The van der Waals surface area contributed by atoms with E-state index in [4.69, 9.17) is 0 Å². The molecule has 0 nitrogen and oxygen atoms in total. The maximum Gasteiger partial charge on any atom is -0.147 e. The van der Waals surface area contributed by atoms with E-state index >= 15 is 0 Å². The summed E-state index contributed by atoms with van der Waals surface area (Å²) in [6.45, 7) is 0. The van der Waals surface area contributed by atoms with Crippen molar-refractivity contribution in [3.8, 4) is 0 Å². The van der Waals surface area contributed by atoms with E-state index in [1.54, 1.807) is 0 Å². The second-order valence-corrected chi connectivity index (χ2v) is 3.44. The van der Waals surface area contributed by atoms with Gasteiger partial charge in [0, 0.05) is 0 Å². The molecule has 0 saturated carbocycles. The molecule has 1 rings (SSSR count). The zero-order valence-electron chi connectivity index (χ0n) is 5.59. The second kappa shape index (κ2) is 6.81. The molecule has 0 aromatic rings. The fraction of sp³-hybridized carbons (Fsp3) is 0.333. The van der Waals surface area contributed by atoms with Crippen molar-refractivity contribution in [1.82, 2.24) is 0 Å². The Morgan fingerprint density at radius 2 is 2.10 bits per heavy atom. The van der Waals surface area contributed by atoms with Gasteiger partial charge in [0.25, 0.3) is 0 Å². The molecule has 0 aromatic heterocycles. The van der Waals surface area contributed by atoms with Gasteiger partial charge in [-0.1, -0.05) is 0 Å². The van der Waals surface area contributed by atoms with Gasteiger partial charge >= 0.3 is 65.8 Å². The van der Waals surface area contributed by atoms with Gasteiger partial charge in [0.2, 0.25) is 0 Å². The molecule has 57 valence electrons. The summed E-state index contributed by atoms with van der Waals surface area (Å²) in [5.74, 6) is 0. The normalized spacial score (nSPS) is 14.4. The summed E-state index contributed by atoms with van der Waals surface area (Å²) in [5.41, 5.74) is 0. The smallest absolute Gasteiger partial charge is 0.147 e. The van der Waals surface area contributed by atoms with Crippen molar-refractivity contribution in [2.45, 2.75) is 6.42 Å². The number of thioether (sulfide) groups is 1. The molecule has 0 bridgehead atoms. The minimum absolute atomic E-state index is 0. The second-order valence-electron chi connectivity index (χ2n) is 1.65. The van der Waals surface area contributed by atoms with Gasteiger partial charge in [-0.15, -0.1) is 24.8 Å². The number of hydrogen-bond acceptors (Lipinski definition) is 1. The van der Waals surface area contributed by atoms with E-state index in [-0.39, 0.29) is 24.8 Å². The Labute approximate surface area is 90.1 Å². The first kappa shape index (κ1) is 13.7. The van der Waals surface area contributed by atoms with Crippen molar-refractivity contribution in [3.05, 3.63) is 20.9 Å². The maximum absolute atomic E-state index is 2.21. The Kier molecular flexibility index (Phi) is 9.33. The Balaban J connectivity index is 0. The third-order valence-electron chi connectivity index (χ3n) is 1.11. The molecule has 0 fully saturated rings. The first-order chi connectivity index (χ1) is 3.84. The van der Waals surface area contributed by atoms with Crippen molar-refractivity contribution in [2.75, 3.05) is 6.26 Å². The minimum atomic E-state index is 0. The Hall–Kier alpha value is 1.12. The molecule has 0 radical (unpaired) electrons. The number of halogens is 2. The monoisotopic (exact) mass is 231 g/mol. The molecule has 4 heteroatoms. The number of rotatable bonds is 1. The van der Waals surface area contributed by atoms with Crippen LogP contribution < -0.4 is 0 Å². The van der Waals surface area contributed by atoms with Gasteiger partial charge < -0.3 is 0 Å². The van der Waals surface area contributed by atoms with Crippen LogP contribution in [0.4, 0.5) is 0 Å². The largest absolute Gasteiger partial charge is 0.147 e. The van der Waals surface area contributed by atoms with Gasteiger partial charge in [-0.25, -0.2) is 0 Å². The Morgan fingerprint density at radius 3 is 2.30 bits per heavy atom. The summed E-state index contributed by atoms with van der Waals surface area (Å²) in [7, 11) is 0. The van der Waals surface area contributed by atoms with Crippen molar-refractivity contribution in [1.29, 1.82) is 0 Å². The molecular formula is C6H9Cl2STi. The van der Waals surface area contributed by atoms with Gasteiger partial charge in [0.15, 0.2) is 0 Å². The molecule has 0 aromatic carbocycles. The van der Waals surface area contributed by atoms with Crippen molar-refractivity contribution in [3.63, 3.8) is 0 Å². The maximum atomic E-state index is 2.21. The number of hydrogen-bond donors (Lipinski definition) is 0. The Bertz CT molecular complexity index is 154. The summed E-state index contributed by atoms with van der Waals surface area (Å²) in [6, 6.07) is 0.